The minimum atomic E-state index is -0.296. The summed E-state index contributed by atoms with van der Waals surface area (Å²) in [5.41, 5.74) is 1.65. The van der Waals surface area contributed by atoms with Crippen LogP contribution >= 0.6 is 11.6 Å². The molecule has 0 atom stereocenters. The number of carbonyl (C=O) groups is 1. The normalized spacial score (nSPS) is 15.2. The van der Waals surface area contributed by atoms with Gasteiger partial charge in [-0.3, -0.25) is 4.79 Å². The van der Waals surface area contributed by atoms with Gasteiger partial charge in [0.15, 0.2) is 0 Å². The molecule has 1 aliphatic rings. The van der Waals surface area contributed by atoms with Gasteiger partial charge in [-0.05, 0) is 36.4 Å². The molecule has 0 saturated carbocycles. The molecule has 3 rings (SSSR count). The van der Waals surface area contributed by atoms with Crippen molar-refractivity contribution in [2.75, 3.05) is 14.2 Å². The fourth-order valence-corrected chi connectivity index (χ4v) is 2.57. The van der Waals surface area contributed by atoms with E-state index in [0.29, 0.717) is 33.5 Å². The molecule has 1 amide bonds. The van der Waals surface area contributed by atoms with Crippen molar-refractivity contribution >= 4 is 29.4 Å². The predicted molar refractivity (Wildman–Crippen MR) is 93.7 cm³/mol. The van der Waals surface area contributed by atoms with Gasteiger partial charge in [0.25, 0.3) is 5.91 Å². The number of hydrogen-bond donors (Lipinski definition) is 1. The van der Waals surface area contributed by atoms with Crippen LogP contribution in [0.25, 0.3) is 6.08 Å². The van der Waals surface area contributed by atoms with E-state index in [1.165, 1.54) is 0 Å². The molecule has 6 heteroatoms. The number of halogens is 1. The monoisotopic (exact) mass is 342 g/mol. The molecule has 0 aromatic heterocycles. The van der Waals surface area contributed by atoms with Crippen LogP contribution in [-0.4, -0.2) is 26.0 Å². The first kappa shape index (κ1) is 16.1. The van der Waals surface area contributed by atoms with Crippen molar-refractivity contribution in [2.45, 2.75) is 0 Å². The number of methoxy groups -OCH3 is 2. The van der Waals surface area contributed by atoms with Gasteiger partial charge in [-0.25, -0.2) is 4.99 Å². The second kappa shape index (κ2) is 6.76. The summed E-state index contributed by atoms with van der Waals surface area (Å²) in [4.78, 5) is 16.6. The Bertz CT molecular complexity index is 859. The van der Waals surface area contributed by atoms with Crippen LogP contribution in [0.5, 0.6) is 11.5 Å². The lowest BCUT2D eigenvalue weighted by atomic mass is 10.1. The van der Waals surface area contributed by atoms with Gasteiger partial charge in [0.1, 0.15) is 23.0 Å². The molecule has 0 bridgehead atoms. The van der Waals surface area contributed by atoms with Gasteiger partial charge in [-0.2, -0.15) is 0 Å². The quantitative estimate of drug-likeness (QED) is 0.867. The number of amides is 1. The van der Waals surface area contributed by atoms with Crippen LogP contribution in [0.3, 0.4) is 0 Å². The molecule has 0 aliphatic carbocycles. The fraction of sp³-hybridized carbons (Fsp3) is 0.111. The number of ether oxygens (including phenoxy) is 2. The van der Waals surface area contributed by atoms with Gasteiger partial charge in [0.2, 0.25) is 0 Å². The largest absolute Gasteiger partial charge is 0.497 e. The first-order valence-corrected chi connectivity index (χ1v) is 7.59. The summed E-state index contributed by atoms with van der Waals surface area (Å²) < 4.78 is 10.5. The lowest BCUT2D eigenvalue weighted by molar-refractivity contribution is -0.115. The van der Waals surface area contributed by atoms with E-state index in [2.05, 4.69) is 10.3 Å². The number of nitrogens with zero attached hydrogens (tertiary/aromatic N) is 1. The molecular weight excluding hydrogens is 328 g/mol. The lowest BCUT2D eigenvalue weighted by Crippen LogP contribution is -2.24. The second-order valence-corrected chi connectivity index (χ2v) is 5.44. The zero-order valence-corrected chi connectivity index (χ0v) is 13.9. The second-order valence-electron chi connectivity index (χ2n) is 5.03. The minimum absolute atomic E-state index is 0.275. The Hall–Kier alpha value is -2.79. The number of amidine groups is 1. The van der Waals surface area contributed by atoms with E-state index in [4.69, 9.17) is 21.1 Å². The Labute approximate surface area is 144 Å². The summed E-state index contributed by atoms with van der Waals surface area (Å²) in [7, 11) is 3.14. The Morgan fingerprint density at radius 3 is 2.62 bits per heavy atom. The third-order valence-electron chi connectivity index (χ3n) is 3.55. The predicted octanol–water partition coefficient (Wildman–Crippen LogP) is 3.27. The van der Waals surface area contributed by atoms with E-state index in [1.54, 1.807) is 50.6 Å². The van der Waals surface area contributed by atoms with E-state index in [-0.39, 0.29) is 11.6 Å². The van der Waals surface area contributed by atoms with Crippen molar-refractivity contribution in [3.05, 3.63) is 64.3 Å². The maximum atomic E-state index is 12.2. The number of benzene rings is 2. The molecule has 122 valence electrons. The summed E-state index contributed by atoms with van der Waals surface area (Å²) in [6.45, 7) is 0. The Morgan fingerprint density at radius 1 is 1.12 bits per heavy atom. The van der Waals surface area contributed by atoms with E-state index in [9.17, 15) is 4.79 Å². The summed E-state index contributed by atoms with van der Waals surface area (Å²) in [6.07, 6.45) is 1.65. The molecule has 24 heavy (non-hydrogen) atoms. The fourth-order valence-electron chi connectivity index (χ4n) is 2.35. The highest BCUT2D eigenvalue weighted by Gasteiger charge is 2.23. The average Bonchev–Trinajstić information content (AvgIpc) is 2.95. The molecular formula is C18H15ClN2O3. The van der Waals surface area contributed by atoms with E-state index >= 15 is 0 Å². The summed E-state index contributed by atoms with van der Waals surface area (Å²) in [5, 5.41) is 3.26. The van der Waals surface area contributed by atoms with Crippen LogP contribution < -0.4 is 14.8 Å². The molecule has 1 N–H and O–H groups in total. The zero-order chi connectivity index (χ0) is 17.1. The van der Waals surface area contributed by atoms with Crippen LogP contribution in [0.2, 0.25) is 5.02 Å². The number of hydrogen-bond acceptors (Lipinski definition) is 4. The SMILES string of the molecule is COc1ccc(OC)c(/C=C2\N=C(c3ccccc3Cl)NC2=O)c1. The number of carbonyl (C=O) groups excluding carboxylic acids is 1. The van der Waals surface area contributed by atoms with Crippen LogP contribution in [0, 0.1) is 0 Å². The van der Waals surface area contributed by atoms with Crippen molar-refractivity contribution in [1.82, 2.24) is 5.32 Å². The van der Waals surface area contributed by atoms with Gasteiger partial charge in [-0.15, -0.1) is 0 Å². The van der Waals surface area contributed by atoms with Gasteiger partial charge >= 0.3 is 0 Å². The summed E-state index contributed by atoms with van der Waals surface area (Å²) in [6, 6.07) is 12.5. The zero-order valence-electron chi connectivity index (χ0n) is 13.2. The first-order chi connectivity index (χ1) is 11.6. The third kappa shape index (κ3) is 3.12. The van der Waals surface area contributed by atoms with Crippen LogP contribution in [0.1, 0.15) is 11.1 Å². The van der Waals surface area contributed by atoms with Crippen molar-refractivity contribution in [3.63, 3.8) is 0 Å². The van der Waals surface area contributed by atoms with Gasteiger partial charge in [0.05, 0.1) is 19.2 Å². The van der Waals surface area contributed by atoms with Crippen molar-refractivity contribution in [1.29, 1.82) is 0 Å². The summed E-state index contributed by atoms with van der Waals surface area (Å²) in [5.74, 6) is 1.42. The highest BCUT2D eigenvalue weighted by molar-refractivity contribution is 6.35. The number of aliphatic imine (C=N–C) groups is 1. The molecule has 1 heterocycles. The molecule has 0 radical (unpaired) electrons. The summed E-state index contributed by atoms with van der Waals surface area (Å²) >= 11 is 6.16. The lowest BCUT2D eigenvalue weighted by Gasteiger charge is -2.07. The maximum Gasteiger partial charge on any atom is 0.275 e. The molecule has 2 aromatic rings. The van der Waals surface area contributed by atoms with Crippen LogP contribution in [-0.2, 0) is 4.79 Å². The van der Waals surface area contributed by atoms with E-state index in [0.717, 1.165) is 0 Å². The molecule has 2 aromatic carbocycles. The van der Waals surface area contributed by atoms with Gasteiger partial charge in [0, 0.05) is 11.1 Å². The van der Waals surface area contributed by atoms with Crippen LogP contribution in [0.4, 0.5) is 0 Å². The molecule has 0 spiro atoms. The standard InChI is InChI=1S/C18H15ClN2O3/c1-23-12-7-8-16(24-2)11(9-12)10-15-18(22)21-17(20-15)13-5-3-4-6-14(13)19/h3-10H,1-2H3,(H,20,21,22)/b15-10-. The topological polar surface area (TPSA) is 59.9 Å². The minimum Gasteiger partial charge on any atom is -0.497 e. The van der Waals surface area contributed by atoms with Crippen LogP contribution in [0.15, 0.2) is 53.2 Å². The maximum absolute atomic E-state index is 12.2. The highest BCUT2D eigenvalue weighted by Crippen LogP contribution is 2.27. The van der Waals surface area contributed by atoms with Crippen molar-refractivity contribution < 1.29 is 14.3 Å². The Balaban J connectivity index is 2.02. The van der Waals surface area contributed by atoms with Gasteiger partial charge < -0.3 is 14.8 Å². The molecule has 5 nitrogen and oxygen atoms in total. The smallest absolute Gasteiger partial charge is 0.275 e. The molecule has 0 unspecified atom stereocenters. The number of nitrogens with one attached hydrogen (secondary N) is 1. The van der Waals surface area contributed by atoms with E-state index in [1.807, 2.05) is 12.1 Å². The van der Waals surface area contributed by atoms with Crippen molar-refractivity contribution in [3.8, 4) is 11.5 Å². The molecule has 0 saturated heterocycles. The molecule has 0 fully saturated rings. The van der Waals surface area contributed by atoms with E-state index < -0.39 is 0 Å². The van der Waals surface area contributed by atoms with Crippen molar-refractivity contribution in [2.24, 2.45) is 4.99 Å². The molecule has 1 aliphatic heterocycles. The number of rotatable bonds is 4. The average molecular weight is 343 g/mol. The third-order valence-corrected chi connectivity index (χ3v) is 3.88. The first-order valence-electron chi connectivity index (χ1n) is 7.21. The Kier molecular flexibility index (Phi) is 4.53. The Morgan fingerprint density at radius 2 is 1.92 bits per heavy atom. The highest BCUT2D eigenvalue weighted by atomic mass is 35.5. The van der Waals surface area contributed by atoms with Gasteiger partial charge in [-0.1, -0.05) is 23.7 Å².